The molecule has 3 aromatic carbocycles. The summed E-state index contributed by atoms with van der Waals surface area (Å²) >= 11 is 0. The van der Waals surface area contributed by atoms with Gasteiger partial charge in [0.1, 0.15) is 0 Å². The predicted octanol–water partition coefficient (Wildman–Crippen LogP) is 4.94. The Morgan fingerprint density at radius 1 is 0.971 bits per heavy atom. The summed E-state index contributed by atoms with van der Waals surface area (Å²) in [5.74, 6) is -0.569. The minimum atomic E-state index is -0.749. The second kappa shape index (κ2) is 9.56. The summed E-state index contributed by atoms with van der Waals surface area (Å²) in [4.78, 5) is 35.9. The van der Waals surface area contributed by atoms with Gasteiger partial charge in [0.05, 0.1) is 32.9 Å². The van der Waals surface area contributed by atoms with Gasteiger partial charge in [-0.15, -0.1) is 0 Å². The van der Waals surface area contributed by atoms with Gasteiger partial charge in [-0.25, -0.2) is 4.68 Å². The number of hydrogen-bond acceptors (Lipinski definition) is 6. The van der Waals surface area contributed by atoms with E-state index in [1.54, 1.807) is 11.7 Å². The second-order valence-corrected chi connectivity index (χ2v) is 7.96. The number of amides is 1. The minimum Gasteiger partial charge on any atom is -0.337 e. The Balaban J connectivity index is 1.73. The molecule has 1 aromatic heterocycles. The molecule has 1 amide bonds. The zero-order valence-electron chi connectivity index (χ0n) is 19.0. The van der Waals surface area contributed by atoms with Gasteiger partial charge >= 0.3 is 0 Å². The highest BCUT2D eigenvalue weighted by Gasteiger charge is 2.27. The molecular formula is C25H21N5O5. The van der Waals surface area contributed by atoms with E-state index in [1.807, 2.05) is 66.9 Å². The zero-order valence-corrected chi connectivity index (χ0v) is 19.0. The summed E-state index contributed by atoms with van der Waals surface area (Å²) in [5, 5.41) is 27.5. The van der Waals surface area contributed by atoms with Crippen LogP contribution in [0.5, 0.6) is 0 Å². The number of benzene rings is 3. The van der Waals surface area contributed by atoms with E-state index in [0.717, 1.165) is 28.9 Å². The van der Waals surface area contributed by atoms with Crippen molar-refractivity contribution in [2.75, 3.05) is 7.05 Å². The van der Waals surface area contributed by atoms with Crippen LogP contribution in [0.1, 0.15) is 21.5 Å². The smallest absolute Gasteiger partial charge is 0.279 e. The van der Waals surface area contributed by atoms with Gasteiger partial charge in [-0.1, -0.05) is 48.5 Å². The van der Waals surface area contributed by atoms with E-state index in [0.29, 0.717) is 5.69 Å². The Hall–Kier alpha value is -4.86. The zero-order chi connectivity index (χ0) is 25.1. The highest BCUT2D eigenvalue weighted by atomic mass is 16.6. The van der Waals surface area contributed by atoms with Gasteiger partial charge in [-0.05, 0) is 19.1 Å². The first kappa shape index (κ1) is 23.3. The van der Waals surface area contributed by atoms with Crippen molar-refractivity contribution in [1.82, 2.24) is 14.7 Å². The van der Waals surface area contributed by atoms with E-state index in [9.17, 15) is 25.0 Å². The maximum Gasteiger partial charge on any atom is 0.279 e. The third kappa shape index (κ3) is 4.76. The van der Waals surface area contributed by atoms with Crippen molar-refractivity contribution < 1.29 is 14.6 Å². The fourth-order valence-corrected chi connectivity index (χ4v) is 3.81. The lowest BCUT2D eigenvalue weighted by atomic mass is 10.0. The number of carbonyl (C=O) groups is 1. The molecule has 1 heterocycles. The topological polar surface area (TPSA) is 124 Å². The molecule has 4 rings (SSSR count). The van der Waals surface area contributed by atoms with E-state index < -0.39 is 27.1 Å². The molecule has 0 N–H and O–H groups in total. The van der Waals surface area contributed by atoms with Gasteiger partial charge in [-0.3, -0.25) is 25.0 Å². The molecule has 10 nitrogen and oxygen atoms in total. The summed E-state index contributed by atoms with van der Waals surface area (Å²) in [5.41, 5.74) is 2.11. The fourth-order valence-electron chi connectivity index (χ4n) is 3.81. The molecule has 0 radical (unpaired) electrons. The van der Waals surface area contributed by atoms with Crippen LogP contribution in [-0.4, -0.2) is 37.5 Å². The van der Waals surface area contributed by atoms with Gasteiger partial charge in [0.15, 0.2) is 0 Å². The molecule has 0 saturated carbocycles. The molecule has 0 aliphatic heterocycles. The molecule has 176 valence electrons. The van der Waals surface area contributed by atoms with Crippen molar-refractivity contribution >= 4 is 17.3 Å². The number of hydrogen-bond donors (Lipinski definition) is 0. The quantitative estimate of drug-likeness (QED) is 0.278. The molecule has 0 aliphatic carbocycles. The average molecular weight is 471 g/mol. The SMILES string of the molecule is Cc1c(C(=O)N(C)Cc2cn(-c3ccccc3)nc2-c2ccccc2)cc([N+](=O)[O-])cc1[N+](=O)[O-]. The molecule has 0 unspecified atom stereocenters. The van der Waals surface area contributed by atoms with Gasteiger partial charge in [0, 0.05) is 42.5 Å². The Kier molecular flexibility index (Phi) is 6.36. The fraction of sp³-hybridized carbons (Fsp3) is 0.120. The van der Waals surface area contributed by atoms with Gasteiger partial charge < -0.3 is 4.90 Å². The van der Waals surface area contributed by atoms with E-state index in [1.165, 1.54) is 11.8 Å². The number of rotatable bonds is 7. The average Bonchev–Trinajstić information content (AvgIpc) is 3.28. The molecule has 0 saturated heterocycles. The van der Waals surface area contributed by atoms with Gasteiger partial charge in [0.2, 0.25) is 0 Å². The van der Waals surface area contributed by atoms with E-state index >= 15 is 0 Å². The minimum absolute atomic E-state index is 0.0701. The van der Waals surface area contributed by atoms with Crippen LogP contribution in [0.25, 0.3) is 16.9 Å². The third-order valence-corrected chi connectivity index (χ3v) is 5.62. The number of nitro benzene ring substituents is 2. The Morgan fingerprint density at radius 3 is 2.20 bits per heavy atom. The first-order valence-electron chi connectivity index (χ1n) is 10.6. The van der Waals surface area contributed by atoms with Crippen LogP contribution < -0.4 is 0 Å². The van der Waals surface area contributed by atoms with Crippen LogP contribution in [-0.2, 0) is 6.54 Å². The highest BCUT2D eigenvalue weighted by Crippen LogP contribution is 2.30. The second-order valence-electron chi connectivity index (χ2n) is 7.96. The maximum absolute atomic E-state index is 13.3. The van der Waals surface area contributed by atoms with Crippen LogP contribution in [0.4, 0.5) is 11.4 Å². The van der Waals surface area contributed by atoms with Crippen molar-refractivity contribution in [2.24, 2.45) is 0 Å². The summed E-state index contributed by atoms with van der Waals surface area (Å²) in [6.07, 6.45) is 1.82. The Morgan fingerprint density at radius 2 is 1.60 bits per heavy atom. The molecule has 0 aliphatic rings. The number of para-hydroxylation sites is 1. The van der Waals surface area contributed by atoms with E-state index in [2.05, 4.69) is 0 Å². The molecule has 35 heavy (non-hydrogen) atoms. The lowest BCUT2D eigenvalue weighted by molar-refractivity contribution is -0.394. The standard InChI is InChI=1S/C25H21N5O5/c1-17-22(13-21(29(32)33)14-23(17)30(34)35)25(31)27(2)15-19-16-28(20-11-7-4-8-12-20)26-24(19)18-9-5-3-6-10-18/h3-14,16H,15H2,1-2H3. The summed E-state index contributed by atoms with van der Waals surface area (Å²) in [6, 6.07) is 21.0. The number of aromatic nitrogens is 2. The lowest BCUT2D eigenvalue weighted by Gasteiger charge is -2.18. The van der Waals surface area contributed by atoms with Crippen LogP contribution in [0, 0.1) is 27.2 Å². The Bertz CT molecular complexity index is 1420. The summed E-state index contributed by atoms with van der Waals surface area (Å²) in [7, 11) is 1.54. The first-order chi connectivity index (χ1) is 16.8. The van der Waals surface area contributed by atoms with Crippen molar-refractivity contribution in [1.29, 1.82) is 0 Å². The molecule has 0 fully saturated rings. The van der Waals surface area contributed by atoms with Crippen molar-refractivity contribution in [2.45, 2.75) is 13.5 Å². The Labute approximate surface area is 200 Å². The number of non-ortho nitro benzene ring substituents is 1. The first-order valence-corrected chi connectivity index (χ1v) is 10.6. The summed E-state index contributed by atoms with van der Waals surface area (Å²) < 4.78 is 1.72. The van der Waals surface area contributed by atoms with Crippen LogP contribution >= 0.6 is 0 Å². The monoisotopic (exact) mass is 471 g/mol. The maximum atomic E-state index is 13.3. The summed E-state index contributed by atoms with van der Waals surface area (Å²) in [6.45, 7) is 1.54. The van der Waals surface area contributed by atoms with E-state index in [-0.39, 0.29) is 17.7 Å². The third-order valence-electron chi connectivity index (χ3n) is 5.62. The van der Waals surface area contributed by atoms with Gasteiger partial charge in [0.25, 0.3) is 17.3 Å². The number of nitrogens with zero attached hydrogens (tertiary/aromatic N) is 5. The molecule has 0 spiro atoms. The predicted molar refractivity (Wildman–Crippen MR) is 129 cm³/mol. The number of carbonyl (C=O) groups excluding carboxylic acids is 1. The molecule has 0 bridgehead atoms. The molecule has 10 heteroatoms. The highest BCUT2D eigenvalue weighted by molar-refractivity contribution is 5.97. The molecule has 4 aromatic rings. The van der Waals surface area contributed by atoms with Gasteiger partial charge in [-0.2, -0.15) is 5.10 Å². The molecule has 0 atom stereocenters. The van der Waals surface area contributed by atoms with Crippen LogP contribution in [0.15, 0.2) is 79.0 Å². The van der Waals surface area contributed by atoms with Crippen molar-refractivity contribution in [3.63, 3.8) is 0 Å². The van der Waals surface area contributed by atoms with Crippen molar-refractivity contribution in [3.8, 4) is 16.9 Å². The normalized spacial score (nSPS) is 10.7. The van der Waals surface area contributed by atoms with E-state index in [4.69, 9.17) is 5.10 Å². The molecular weight excluding hydrogens is 450 g/mol. The van der Waals surface area contributed by atoms with Crippen molar-refractivity contribution in [3.05, 3.63) is 116 Å². The van der Waals surface area contributed by atoms with Crippen LogP contribution in [0.3, 0.4) is 0 Å². The van der Waals surface area contributed by atoms with Crippen LogP contribution in [0.2, 0.25) is 0 Å². The lowest BCUT2D eigenvalue weighted by Crippen LogP contribution is -2.27. The number of nitro groups is 2. The largest absolute Gasteiger partial charge is 0.337 e.